The zero-order valence-corrected chi connectivity index (χ0v) is 14.9. The molecule has 27 heavy (non-hydrogen) atoms. The van der Waals surface area contributed by atoms with Crippen molar-refractivity contribution in [3.05, 3.63) is 96.4 Å². The maximum absolute atomic E-state index is 8.94. The van der Waals surface area contributed by atoms with Gasteiger partial charge in [-0.3, -0.25) is 9.97 Å². The number of hydrogen-bond donors (Lipinski definition) is 0. The Labute approximate surface area is 158 Å². The van der Waals surface area contributed by atoms with Gasteiger partial charge in [0, 0.05) is 42.2 Å². The summed E-state index contributed by atoms with van der Waals surface area (Å²) < 4.78 is 15.1. The third-order valence-electron chi connectivity index (χ3n) is 4.99. The number of benzene rings is 2. The predicted octanol–water partition coefficient (Wildman–Crippen LogP) is 6.19. The van der Waals surface area contributed by atoms with Crippen LogP contribution in [0.3, 0.4) is 0 Å². The molecule has 0 spiro atoms. The standard InChI is InChI=1S/C24H18N2O/c1-16(17-9-12-25-13-10-17)18-11-14-26-22(15-18)21-7-4-6-20-19-5-2-3-8-23(19)27-24(20)21/h2-16H,1H3/i16D. The van der Waals surface area contributed by atoms with Gasteiger partial charge in [0.15, 0.2) is 0 Å². The Morgan fingerprint density at radius 2 is 1.63 bits per heavy atom. The summed E-state index contributed by atoms with van der Waals surface area (Å²) >= 11 is 0. The summed E-state index contributed by atoms with van der Waals surface area (Å²) in [4.78, 5) is 8.65. The molecule has 5 aromatic rings. The molecule has 3 heterocycles. The fraction of sp³-hybridized carbons (Fsp3) is 0.0833. The van der Waals surface area contributed by atoms with Crippen molar-refractivity contribution in [2.45, 2.75) is 12.8 Å². The highest BCUT2D eigenvalue weighted by atomic mass is 16.3. The summed E-state index contributed by atoms with van der Waals surface area (Å²) in [6, 6.07) is 21.8. The van der Waals surface area contributed by atoms with Crippen LogP contribution in [0.5, 0.6) is 0 Å². The van der Waals surface area contributed by atoms with Crippen LogP contribution in [0, 0.1) is 0 Å². The number of hydrogen-bond acceptors (Lipinski definition) is 3. The zero-order valence-electron chi connectivity index (χ0n) is 15.9. The van der Waals surface area contributed by atoms with Gasteiger partial charge in [-0.25, -0.2) is 0 Å². The third-order valence-corrected chi connectivity index (χ3v) is 4.99. The minimum absolute atomic E-state index is 0.801. The van der Waals surface area contributed by atoms with Crippen LogP contribution >= 0.6 is 0 Å². The Bertz CT molecular complexity index is 1290. The molecule has 0 fully saturated rings. The number of rotatable bonds is 3. The Hall–Kier alpha value is -3.46. The second-order valence-electron chi connectivity index (χ2n) is 6.57. The van der Waals surface area contributed by atoms with Crippen molar-refractivity contribution in [1.29, 1.82) is 0 Å². The van der Waals surface area contributed by atoms with Gasteiger partial charge in [-0.2, -0.15) is 0 Å². The van der Waals surface area contributed by atoms with E-state index >= 15 is 0 Å². The molecular weight excluding hydrogens is 332 g/mol. The van der Waals surface area contributed by atoms with Crippen LogP contribution in [-0.4, -0.2) is 9.97 Å². The first kappa shape index (κ1) is 14.7. The third kappa shape index (κ3) is 2.68. The van der Waals surface area contributed by atoms with Gasteiger partial charge in [0.25, 0.3) is 0 Å². The van der Waals surface area contributed by atoms with Gasteiger partial charge < -0.3 is 4.42 Å². The molecule has 130 valence electrons. The zero-order chi connectivity index (χ0) is 19.1. The highest BCUT2D eigenvalue weighted by molar-refractivity contribution is 6.09. The Morgan fingerprint density at radius 1 is 0.852 bits per heavy atom. The SMILES string of the molecule is [2H]C(C)(c1ccncc1)c1ccnc(-c2cccc3c2oc2ccccc23)c1. The summed E-state index contributed by atoms with van der Waals surface area (Å²) in [5.41, 5.74) is 5.18. The lowest BCUT2D eigenvalue weighted by Crippen LogP contribution is -1.97. The number of fused-ring (bicyclic) bond motifs is 3. The van der Waals surface area contributed by atoms with E-state index in [1.54, 1.807) is 18.6 Å². The van der Waals surface area contributed by atoms with Gasteiger partial charge in [-0.15, -0.1) is 0 Å². The van der Waals surface area contributed by atoms with Crippen LogP contribution in [0.25, 0.3) is 33.2 Å². The van der Waals surface area contributed by atoms with E-state index in [0.29, 0.717) is 0 Å². The second kappa shape index (κ2) is 6.36. The predicted molar refractivity (Wildman–Crippen MR) is 109 cm³/mol. The Morgan fingerprint density at radius 3 is 2.52 bits per heavy atom. The lowest BCUT2D eigenvalue weighted by atomic mass is 9.93. The number of para-hydroxylation sites is 2. The first-order valence-corrected chi connectivity index (χ1v) is 8.92. The van der Waals surface area contributed by atoms with E-state index in [-0.39, 0.29) is 0 Å². The highest BCUT2D eigenvalue weighted by Crippen LogP contribution is 2.36. The van der Waals surface area contributed by atoms with E-state index in [1.165, 1.54) is 0 Å². The van der Waals surface area contributed by atoms with E-state index in [0.717, 1.165) is 44.3 Å². The van der Waals surface area contributed by atoms with Crippen molar-refractivity contribution >= 4 is 21.9 Å². The molecule has 0 aliphatic carbocycles. The highest BCUT2D eigenvalue weighted by Gasteiger charge is 2.14. The summed E-state index contributed by atoms with van der Waals surface area (Å²) in [5.74, 6) is -0.900. The van der Waals surface area contributed by atoms with Gasteiger partial charge in [0.1, 0.15) is 11.2 Å². The van der Waals surface area contributed by atoms with Crippen molar-refractivity contribution in [3.8, 4) is 11.3 Å². The average molecular weight is 351 g/mol. The van der Waals surface area contributed by atoms with Crippen molar-refractivity contribution in [2.75, 3.05) is 0 Å². The number of nitrogens with zero attached hydrogens (tertiary/aromatic N) is 2. The molecular formula is C24H18N2O. The fourth-order valence-electron chi connectivity index (χ4n) is 3.53. The number of aromatic nitrogens is 2. The van der Waals surface area contributed by atoms with E-state index in [2.05, 4.69) is 22.1 Å². The molecule has 2 aromatic carbocycles. The summed E-state index contributed by atoms with van der Waals surface area (Å²) in [7, 11) is 0. The molecule has 3 heteroatoms. The maximum atomic E-state index is 8.94. The van der Waals surface area contributed by atoms with Crippen LogP contribution in [0.4, 0.5) is 0 Å². The molecule has 0 saturated carbocycles. The Balaban J connectivity index is 1.68. The van der Waals surface area contributed by atoms with Crippen LogP contribution < -0.4 is 0 Å². The first-order chi connectivity index (χ1) is 13.6. The van der Waals surface area contributed by atoms with Gasteiger partial charge in [0.05, 0.1) is 5.69 Å². The largest absolute Gasteiger partial charge is 0.455 e. The summed E-state index contributed by atoms with van der Waals surface area (Å²) in [6.07, 6.45) is 5.21. The van der Waals surface area contributed by atoms with E-state index in [4.69, 9.17) is 5.79 Å². The van der Waals surface area contributed by atoms with Gasteiger partial charge in [0.2, 0.25) is 0 Å². The molecule has 0 aliphatic heterocycles. The lowest BCUT2D eigenvalue weighted by Gasteiger charge is -2.13. The molecule has 0 bridgehead atoms. The van der Waals surface area contributed by atoms with Crippen LogP contribution in [-0.2, 0) is 0 Å². The normalized spacial score (nSPS) is 14.2. The van der Waals surface area contributed by atoms with Crippen molar-refractivity contribution in [1.82, 2.24) is 9.97 Å². The van der Waals surface area contributed by atoms with E-state index in [9.17, 15) is 0 Å². The second-order valence-corrected chi connectivity index (χ2v) is 6.57. The smallest absolute Gasteiger partial charge is 0.144 e. The molecule has 0 radical (unpaired) electrons. The van der Waals surface area contributed by atoms with Crippen molar-refractivity contribution in [2.24, 2.45) is 0 Å². The lowest BCUT2D eigenvalue weighted by molar-refractivity contribution is 0.670. The van der Waals surface area contributed by atoms with Gasteiger partial charge >= 0.3 is 0 Å². The maximum Gasteiger partial charge on any atom is 0.144 e. The molecule has 5 rings (SSSR count). The van der Waals surface area contributed by atoms with Crippen LogP contribution in [0.15, 0.2) is 89.7 Å². The van der Waals surface area contributed by atoms with Crippen LogP contribution in [0.1, 0.15) is 25.3 Å². The van der Waals surface area contributed by atoms with Gasteiger partial charge in [-0.1, -0.05) is 37.3 Å². The molecule has 0 saturated heterocycles. The van der Waals surface area contributed by atoms with Gasteiger partial charge in [-0.05, 0) is 47.5 Å². The molecule has 3 aromatic heterocycles. The Kier molecular flexibility index (Phi) is 3.46. The summed E-state index contributed by atoms with van der Waals surface area (Å²) in [6.45, 7) is 1.89. The van der Waals surface area contributed by atoms with Crippen molar-refractivity contribution < 1.29 is 5.79 Å². The minimum atomic E-state index is -0.900. The minimum Gasteiger partial charge on any atom is -0.455 e. The fourth-order valence-corrected chi connectivity index (χ4v) is 3.53. The molecule has 1 atom stereocenters. The number of furan rings is 1. The molecule has 0 N–H and O–H groups in total. The van der Waals surface area contributed by atoms with E-state index < -0.39 is 5.89 Å². The van der Waals surface area contributed by atoms with E-state index in [1.807, 2.05) is 61.5 Å². The quantitative estimate of drug-likeness (QED) is 0.389. The monoisotopic (exact) mass is 351 g/mol. The van der Waals surface area contributed by atoms with Crippen LogP contribution in [0.2, 0.25) is 0 Å². The molecule has 3 nitrogen and oxygen atoms in total. The summed E-state index contributed by atoms with van der Waals surface area (Å²) in [5, 5.41) is 2.17. The van der Waals surface area contributed by atoms with Crippen molar-refractivity contribution in [3.63, 3.8) is 0 Å². The number of pyridine rings is 2. The molecule has 1 unspecified atom stereocenters. The first-order valence-electron chi connectivity index (χ1n) is 9.42. The molecule has 0 aliphatic rings. The molecule has 0 amide bonds. The average Bonchev–Trinajstić information content (AvgIpc) is 3.13. The topological polar surface area (TPSA) is 38.9 Å².